The van der Waals surface area contributed by atoms with E-state index in [4.69, 9.17) is 10.5 Å². The second-order valence-corrected chi connectivity index (χ2v) is 5.93. The van der Waals surface area contributed by atoms with Crippen LogP contribution in [0.3, 0.4) is 0 Å². The maximum atomic E-state index is 12.3. The Morgan fingerprint density at radius 3 is 2.22 bits per heavy atom. The lowest BCUT2D eigenvalue weighted by molar-refractivity contribution is -0.138. The van der Waals surface area contributed by atoms with Crippen molar-refractivity contribution in [2.24, 2.45) is 7.05 Å². The lowest BCUT2D eigenvalue weighted by Gasteiger charge is -2.23. The first-order valence-corrected chi connectivity index (χ1v) is 7.82. The summed E-state index contributed by atoms with van der Waals surface area (Å²) in [7, 11) is 2.62. The Balaban J connectivity index is 2.60. The van der Waals surface area contributed by atoms with Crippen LogP contribution in [-0.4, -0.2) is 33.4 Å². The first kappa shape index (κ1) is 19.4. The zero-order valence-corrected chi connectivity index (χ0v) is 15.2. The molecule has 2 amide bonds. The van der Waals surface area contributed by atoms with E-state index in [0.29, 0.717) is 5.56 Å². The number of hydrogen-bond donors (Lipinski definition) is 1. The number of pyridine rings is 1. The van der Waals surface area contributed by atoms with Crippen molar-refractivity contribution < 1.29 is 14.7 Å². The summed E-state index contributed by atoms with van der Waals surface area (Å²) in [5.74, 6) is -1.54. The van der Waals surface area contributed by atoms with E-state index in [2.05, 4.69) is 0 Å². The first-order valence-electron chi connectivity index (χ1n) is 7.82. The Hall–Kier alpha value is -3.91. The third kappa shape index (κ3) is 3.05. The highest BCUT2D eigenvalue weighted by atomic mass is 16.3. The van der Waals surface area contributed by atoms with Gasteiger partial charge in [-0.25, -0.2) is 0 Å². The molecule has 0 radical (unpaired) electrons. The van der Waals surface area contributed by atoms with Gasteiger partial charge in [0.25, 0.3) is 17.4 Å². The molecule has 8 nitrogen and oxygen atoms in total. The molecule has 136 valence electrons. The molecule has 27 heavy (non-hydrogen) atoms. The van der Waals surface area contributed by atoms with Crippen molar-refractivity contribution >= 4 is 17.9 Å². The number of rotatable bonds is 2. The van der Waals surface area contributed by atoms with Gasteiger partial charge in [-0.3, -0.25) is 23.9 Å². The molecule has 0 aliphatic carbocycles. The lowest BCUT2D eigenvalue weighted by Crippen LogP contribution is -2.39. The van der Waals surface area contributed by atoms with Gasteiger partial charge in [-0.2, -0.15) is 10.5 Å². The molecule has 0 spiro atoms. The maximum absolute atomic E-state index is 12.3. The van der Waals surface area contributed by atoms with Crippen molar-refractivity contribution in [1.82, 2.24) is 9.47 Å². The van der Waals surface area contributed by atoms with Crippen molar-refractivity contribution in [2.45, 2.75) is 13.8 Å². The van der Waals surface area contributed by atoms with Crippen LogP contribution in [0.4, 0.5) is 0 Å². The molecule has 0 saturated heterocycles. The van der Waals surface area contributed by atoms with Crippen LogP contribution in [0, 0.1) is 29.6 Å². The summed E-state index contributed by atoms with van der Waals surface area (Å²) in [6.07, 6.45) is 4.30. The highest BCUT2D eigenvalue weighted by molar-refractivity contribution is 6.18. The van der Waals surface area contributed by atoms with E-state index in [1.807, 2.05) is 6.07 Å². The predicted octanol–water partition coefficient (Wildman–Crippen LogP) is 1.05. The molecule has 0 saturated carbocycles. The van der Waals surface area contributed by atoms with Gasteiger partial charge in [0, 0.05) is 25.2 Å². The number of allylic oxidation sites excluding steroid dienone is 2. The van der Waals surface area contributed by atoms with Crippen LogP contribution in [0.5, 0.6) is 5.88 Å². The standard InChI is InChI=1S/C19H16N4O4/c1-10-12(16(24)22(3)18(26)14(10)8-20)6-5-7-13-11(2)15(9-21)19(27)23(4)17(13)25/h5-7,24H,1-4H3/b6-5+,13-7+. The highest BCUT2D eigenvalue weighted by Gasteiger charge is 2.32. The number of likely N-dealkylation sites (N-methyl/N-ethyl adjacent to an activating group) is 1. The number of nitriles is 2. The number of hydrogen-bond acceptors (Lipinski definition) is 6. The maximum Gasteiger partial charge on any atom is 0.271 e. The summed E-state index contributed by atoms with van der Waals surface area (Å²) in [5, 5.41) is 28.5. The first-order chi connectivity index (χ1) is 12.7. The Labute approximate surface area is 155 Å². The van der Waals surface area contributed by atoms with E-state index in [9.17, 15) is 19.5 Å². The van der Waals surface area contributed by atoms with Crippen LogP contribution in [-0.2, 0) is 16.6 Å². The largest absolute Gasteiger partial charge is 0.494 e. The number of carbonyl (C=O) groups is 2. The average Bonchev–Trinajstić information content (AvgIpc) is 2.64. The molecule has 0 aromatic carbocycles. The molecule has 1 aliphatic heterocycles. The number of aromatic hydroxyl groups is 1. The second-order valence-electron chi connectivity index (χ2n) is 5.93. The summed E-state index contributed by atoms with van der Waals surface area (Å²) in [6.45, 7) is 3.04. The third-order valence-corrected chi connectivity index (χ3v) is 4.44. The smallest absolute Gasteiger partial charge is 0.271 e. The van der Waals surface area contributed by atoms with Gasteiger partial charge in [-0.15, -0.1) is 0 Å². The SMILES string of the molecule is CC1=C(C#N)C(=O)N(C)C(=O)/C1=C/C=C/c1c(C)c(C#N)c(=O)n(C)c1O. The Kier molecular flexibility index (Phi) is 5.14. The number of nitrogens with zero attached hydrogens (tertiary/aromatic N) is 4. The van der Waals surface area contributed by atoms with Crippen LogP contribution in [0.1, 0.15) is 23.6 Å². The minimum absolute atomic E-state index is 0.0930. The minimum atomic E-state index is -0.661. The Bertz CT molecular complexity index is 1100. The average molecular weight is 364 g/mol. The van der Waals surface area contributed by atoms with E-state index >= 15 is 0 Å². The van der Waals surface area contributed by atoms with Gasteiger partial charge >= 0.3 is 0 Å². The van der Waals surface area contributed by atoms with Crippen LogP contribution in [0.2, 0.25) is 0 Å². The van der Waals surface area contributed by atoms with Gasteiger partial charge in [0.15, 0.2) is 0 Å². The van der Waals surface area contributed by atoms with Gasteiger partial charge in [-0.1, -0.05) is 6.08 Å². The van der Waals surface area contributed by atoms with Crippen LogP contribution in [0.15, 0.2) is 33.7 Å². The summed E-state index contributed by atoms with van der Waals surface area (Å²) in [5.41, 5.74) is 0.152. The van der Waals surface area contributed by atoms with E-state index in [0.717, 1.165) is 9.47 Å². The number of amides is 2. The molecule has 1 N–H and O–H groups in total. The zero-order valence-electron chi connectivity index (χ0n) is 15.2. The van der Waals surface area contributed by atoms with Gasteiger partial charge < -0.3 is 5.11 Å². The molecule has 0 atom stereocenters. The van der Waals surface area contributed by atoms with Crippen LogP contribution >= 0.6 is 0 Å². The summed E-state index contributed by atoms with van der Waals surface area (Å²) >= 11 is 0. The van der Waals surface area contributed by atoms with Crippen molar-refractivity contribution in [3.8, 4) is 18.0 Å². The number of aromatic nitrogens is 1. The number of carbonyl (C=O) groups excluding carboxylic acids is 2. The molecule has 1 aromatic heterocycles. The highest BCUT2D eigenvalue weighted by Crippen LogP contribution is 2.25. The molecular weight excluding hydrogens is 348 g/mol. The monoisotopic (exact) mass is 364 g/mol. The normalized spacial score (nSPS) is 16.2. The van der Waals surface area contributed by atoms with Crippen LogP contribution < -0.4 is 5.56 Å². The van der Waals surface area contributed by atoms with Crippen molar-refractivity contribution in [1.29, 1.82) is 10.5 Å². The summed E-state index contributed by atoms with van der Waals surface area (Å²) in [4.78, 5) is 37.1. The third-order valence-electron chi connectivity index (χ3n) is 4.44. The van der Waals surface area contributed by atoms with E-state index < -0.39 is 17.4 Å². The quantitative estimate of drug-likeness (QED) is 0.617. The fraction of sp³-hybridized carbons (Fsp3) is 0.211. The van der Waals surface area contributed by atoms with Gasteiger partial charge in [0.1, 0.15) is 23.3 Å². The van der Waals surface area contributed by atoms with Crippen molar-refractivity contribution in [2.75, 3.05) is 7.05 Å². The molecule has 1 aromatic rings. The van der Waals surface area contributed by atoms with Gasteiger partial charge in [-0.05, 0) is 37.1 Å². The fourth-order valence-corrected chi connectivity index (χ4v) is 2.70. The van der Waals surface area contributed by atoms with Gasteiger partial charge in [0.05, 0.1) is 0 Å². The summed E-state index contributed by atoms with van der Waals surface area (Å²) in [6, 6.07) is 3.61. The second kappa shape index (κ2) is 7.14. The minimum Gasteiger partial charge on any atom is -0.494 e. The molecule has 2 heterocycles. The Morgan fingerprint density at radius 2 is 1.67 bits per heavy atom. The molecule has 1 aliphatic rings. The molecule has 2 rings (SSSR count). The van der Waals surface area contributed by atoms with E-state index in [1.165, 1.54) is 46.2 Å². The lowest BCUT2D eigenvalue weighted by atomic mass is 9.95. The molecular formula is C19H16N4O4. The zero-order chi connectivity index (χ0) is 20.5. The number of imide groups is 1. The molecule has 0 unspecified atom stereocenters. The molecule has 0 fully saturated rings. The topological polar surface area (TPSA) is 127 Å². The fourth-order valence-electron chi connectivity index (χ4n) is 2.70. The van der Waals surface area contributed by atoms with Crippen molar-refractivity contribution in [3.63, 3.8) is 0 Å². The van der Waals surface area contributed by atoms with E-state index in [-0.39, 0.29) is 33.7 Å². The van der Waals surface area contributed by atoms with Crippen molar-refractivity contribution in [3.05, 3.63) is 55.9 Å². The molecule has 8 heteroatoms. The van der Waals surface area contributed by atoms with Gasteiger partial charge in [0.2, 0.25) is 5.88 Å². The van der Waals surface area contributed by atoms with E-state index in [1.54, 1.807) is 6.07 Å². The predicted molar refractivity (Wildman–Crippen MR) is 96.0 cm³/mol. The Morgan fingerprint density at radius 1 is 1.04 bits per heavy atom. The summed E-state index contributed by atoms with van der Waals surface area (Å²) < 4.78 is 0.954. The molecule has 0 bridgehead atoms. The van der Waals surface area contributed by atoms with Crippen LogP contribution in [0.25, 0.3) is 6.08 Å².